The molecule has 11 rings (SSSR count). The molecule has 10 aliphatic heterocycles. The van der Waals surface area contributed by atoms with E-state index in [1.807, 2.05) is 30.3 Å². The van der Waals surface area contributed by atoms with Gasteiger partial charge in [0, 0.05) is 0 Å². The monoisotopic (exact) mass is 392 g/mol. The summed E-state index contributed by atoms with van der Waals surface area (Å²) in [6.45, 7) is 0.822. The Bertz CT molecular complexity index is 974. The Balaban J connectivity index is 0.0000000858. The van der Waals surface area contributed by atoms with Gasteiger partial charge >= 0.3 is 54.7 Å². The van der Waals surface area contributed by atoms with Crippen LogP contribution in [-0.2, 0) is 6.51 Å². The van der Waals surface area contributed by atoms with Gasteiger partial charge in [-0.05, 0) is 18.6 Å². The zero-order chi connectivity index (χ0) is 16.9. The van der Waals surface area contributed by atoms with Gasteiger partial charge in [-0.25, -0.2) is 0 Å². The first kappa shape index (κ1) is 12.9. The van der Waals surface area contributed by atoms with Crippen LogP contribution in [0.15, 0.2) is 30.3 Å². The second-order valence-corrected chi connectivity index (χ2v) is 37.4. The standard InChI is InChI=1S/C14H22O.2C5H5.Fe/c1-2-3-4-5-6-10-13-15-14-11-8-7-9-12-14;2*1-2-4-5-3-1;/h7-9,11-12H,2-6,10,13H2,1H3;2*1-5H;. The van der Waals surface area contributed by atoms with Crippen molar-refractivity contribution in [2.45, 2.75) is 93.6 Å². The molecule has 10 aliphatic rings. The molecule has 1 aromatic rings. The summed E-state index contributed by atoms with van der Waals surface area (Å²) in [5.41, 5.74) is 0. The topological polar surface area (TPSA) is 9.23 Å². The zero-order valence-corrected chi connectivity index (χ0v) is 17.0. The molecule has 0 N–H and O–H groups in total. The van der Waals surface area contributed by atoms with E-state index in [4.69, 9.17) is 4.74 Å². The average molecular weight is 392 g/mol. The first-order chi connectivity index (χ1) is 12.6. The predicted molar refractivity (Wildman–Crippen MR) is 103 cm³/mol. The number of hydrogen-bond donors (Lipinski definition) is 0. The Labute approximate surface area is 147 Å². The van der Waals surface area contributed by atoms with E-state index in [1.54, 1.807) is 48.2 Å². The fraction of sp³-hybridized carbons (Fsp3) is 0.750. The normalized spacial score (nSPS) is 78.2. The van der Waals surface area contributed by atoms with Crippen molar-refractivity contribution in [3.8, 4) is 5.75 Å². The van der Waals surface area contributed by atoms with Gasteiger partial charge in [-0.2, -0.15) is 0 Å². The number of rotatable bonds is 8. The summed E-state index contributed by atoms with van der Waals surface area (Å²) in [7, 11) is 0. The Morgan fingerprint density at radius 3 is 1.54 bits per heavy atom. The second kappa shape index (κ2) is 1.66. The van der Waals surface area contributed by atoms with Crippen molar-refractivity contribution in [3.63, 3.8) is 0 Å². The number of benzene rings is 1. The third-order valence-corrected chi connectivity index (χ3v) is 59.0. The van der Waals surface area contributed by atoms with Gasteiger partial charge in [0.05, 0.1) is 6.61 Å². The second-order valence-electron chi connectivity index (χ2n) is 13.5. The zero-order valence-electron chi connectivity index (χ0n) is 15.9. The Hall–Kier alpha value is -0.461. The van der Waals surface area contributed by atoms with Crippen molar-refractivity contribution in [1.82, 2.24) is 0 Å². The van der Waals surface area contributed by atoms with E-state index < -0.39 is 6.51 Å². The van der Waals surface area contributed by atoms with Crippen LogP contribution in [0.1, 0.15) is 45.4 Å². The van der Waals surface area contributed by atoms with Crippen LogP contribution in [0.25, 0.3) is 0 Å². The molecular weight excluding hydrogens is 360 g/mol. The van der Waals surface area contributed by atoms with E-state index >= 15 is 0 Å². The summed E-state index contributed by atoms with van der Waals surface area (Å²) in [6.07, 6.45) is 7.90. The number of ether oxygens (including phenoxy) is 1. The van der Waals surface area contributed by atoms with E-state index in [1.165, 1.54) is 38.5 Å². The number of unbranched alkanes of at least 4 members (excludes halogenated alkanes) is 5. The molecule has 1 spiro atoms. The van der Waals surface area contributed by atoms with Crippen LogP contribution in [0.4, 0.5) is 0 Å². The van der Waals surface area contributed by atoms with Crippen LogP contribution in [-0.4, -0.2) is 6.61 Å². The molecule has 1 aromatic carbocycles. The molecule has 0 bridgehead atoms. The van der Waals surface area contributed by atoms with Crippen LogP contribution in [0.5, 0.6) is 5.75 Å². The summed E-state index contributed by atoms with van der Waals surface area (Å²) >= 11 is 0. The SMILES string of the molecule is CCCCCCCCOc1ccccc1.[CH]12[CH]3[CH]4[CH]5[CH]1[Fe]23451678[CH]2[CH]1[CH]6[CH]7[CH]28. The molecule has 0 unspecified atom stereocenters. The summed E-state index contributed by atoms with van der Waals surface area (Å²) in [5.74, 6) is 0.992. The van der Waals surface area contributed by atoms with Crippen LogP contribution in [0, 0.1) is 0 Å². The summed E-state index contributed by atoms with van der Waals surface area (Å²) in [6, 6.07) is 10.1. The molecular formula is C24H32FeO. The summed E-state index contributed by atoms with van der Waals surface area (Å²) < 4.78 is 5.61. The quantitative estimate of drug-likeness (QED) is 0.324. The van der Waals surface area contributed by atoms with Gasteiger partial charge in [0.1, 0.15) is 5.75 Å². The average Bonchev–Trinajstić information content (AvgIpc) is 3.61. The molecule has 0 radical (unpaired) electrons. The Morgan fingerprint density at radius 1 is 0.654 bits per heavy atom. The first-order valence-corrected chi connectivity index (χ1v) is 17.9. The molecule has 142 valence electrons. The van der Waals surface area contributed by atoms with Crippen LogP contribution in [0.2, 0.25) is 48.2 Å². The molecule has 26 heavy (non-hydrogen) atoms. The molecule has 10 saturated heterocycles. The van der Waals surface area contributed by atoms with Gasteiger partial charge in [0.15, 0.2) is 0 Å². The molecule has 0 amide bonds. The van der Waals surface area contributed by atoms with Gasteiger partial charge in [-0.3, -0.25) is 0 Å². The molecule has 1 nitrogen and oxygen atoms in total. The summed E-state index contributed by atoms with van der Waals surface area (Å²) in [4.78, 5) is 15.9. The van der Waals surface area contributed by atoms with Crippen molar-refractivity contribution in [1.29, 1.82) is 0 Å². The fourth-order valence-corrected chi connectivity index (χ4v) is 89.6. The molecule has 10 fully saturated rings. The van der Waals surface area contributed by atoms with E-state index in [9.17, 15) is 0 Å². The number of hydrogen-bond acceptors (Lipinski definition) is 1. The minimum absolute atomic E-state index is 0.857. The number of fused-ring (bicyclic) bond motifs is 10. The van der Waals surface area contributed by atoms with Gasteiger partial charge in [0.25, 0.3) is 0 Å². The molecule has 2 heteroatoms. The van der Waals surface area contributed by atoms with Crippen molar-refractivity contribution >= 4 is 0 Å². The maximum atomic E-state index is 5.61. The van der Waals surface area contributed by atoms with E-state index in [2.05, 4.69) is 6.92 Å². The van der Waals surface area contributed by atoms with Crippen LogP contribution >= 0.6 is 0 Å². The van der Waals surface area contributed by atoms with E-state index in [0.29, 0.717) is 0 Å². The van der Waals surface area contributed by atoms with Gasteiger partial charge in [-0.15, -0.1) is 0 Å². The van der Waals surface area contributed by atoms with Crippen molar-refractivity contribution in [2.24, 2.45) is 0 Å². The molecule has 0 aliphatic carbocycles. The van der Waals surface area contributed by atoms with Gasteiger partial charge in [-0.1, -0.05) is 57.2 Å². The van der Waals surface area contributed by atoms with Crippen molar-refractivity contribution in [3.05, 3.63) is 30.3 Å². The fourth-order valence-electron chi connectivity index (χ4n) is 17.4. The molecule has 0 atom stereocenters. The molecule has 0 aromatic heterocycles. The Kier molecular flexibility index (Phi) is 0.822. The summed E-state index contributed by atoms with van der Waals surface area (Å²) in [5, 5.41) is 0. The van der Waals surface area contributed by atoms with Gasteiger partial charge in [0.2, 0.25) is 0 Å². The van der Waals surface area contributed by atoms with Crippen molar-refractivity contribution in [2.75, 3.05) is 6.61 Å². The molecule has 0 saturated carbocycles. The van der Waals surface area contributed by atoms with E-state index in [0.717, 1.165) is 12.4 Å². The molecule has 10 heterocycles. The predicted octanol–water partition coefficient (Wildman–Crippen LogP) is 7.80. The Morgan fingerprint density at radius 2 is 1.12 bits per heavy atom. The van der Waals surface area contributed by atoms with Crippen molar-refractivity contribution < 1.29 is 11.2 Å². The minimum atomic E-state index is -2.28. The maximum absolute atomic E-state index is 5.61. The number of para-hydroxylation sites is 1. The third-order valence-electron chi connectivity index (χ3n) is 17.0. The third kappa shape index (κ3) is 0.255. The van der Waals surface area contributed by atoms with Crippen LogP contribution < -0.4 is 4.74 Å². The van der Waals surface area contributed by atoms with Crippen LogP contribution in [0.3, 0.4) is 0 Å². The van der Waals surface area contributed by atoms with Gasteiger partial charge < -0.3 is 4.74 Å². The first-order valence-electron chi connectivity index (χ1n) is 11.5. The van der Waals surface area contributed by atoms with E-state index in [-0.39, 0.29) is 0 Å².